The van der Waals surface area contributed by atoms with Gasteiger partial charge in [-0.25, -0.2) is 18.7 Å². The number of halogens is 1. The van der Waals surface area contributed by atoms with E-state index in [0.29, 0.717) is 22.6 Å². The summed E-state index contributed by atoms with van der Waals surface area (Å²) in [4.78, 5) is 17.1. The van der Waals surface area contributed by atoms with Gasteiger partial charge in [0.1, 0.15) is 11.5 Å². The fourth-order valence-corrected chi connectivity index (χ4v) is 3.03. The predicted octanol–water partition coefficient (Wildman–Crippen LogP) is 3.39. The first kappa shape index (κ1) is 18.5. The van der Waals surface area contributed by atoms with Crippen LogP contribution in [0.15, 0.2) is 67.4 Å². The Kier molecular flexibility index (Phi) is 4.90. The van der Waals surface area contributed by atoms with Crippen LogP contribution in [-0.4, -0.2) is 30.5 Å². The van der Waals surface area contributed by atoms with Gasteiger partial charge in [-0.15, -0.1) is 0 Å². The molecule has 4 rings (SSSR count). The number of rotatable bonds is 5. The van der Waals surface area contributed by atoms with E-state index in [9.17, 15) is 9.18 Å². The first-order valence-corrected chi connectivity index (χ1v) is 9.10. The van der Waals surface area contributed by atoms with Crippen LogP contribution in [0.25, 0.3) is 11.5 Å². The van der Waals surface area contributed by atoms with Crippen LogP contribution in [0.4, 0.5) is 4.39 Å². The van der Waals surface area contributed by atoms with Gasteiger partial charge in [0.05, 0.1) is 17.8 Å². The Bertz CT molecular complexity index is 1150. The van der Waals surface area contributed by atoms with Gasteiger partial charge >= 0.3 is 0 Å². The number of nitrogens with one attached hydrogen (secondary N) is 1. The summed E-state index contributed by atoms with van der Waals surface area (Å²) in [5, 5.41) is 11.2. The van der Waals surface area contributed by atoms with Crippen molar-refractivity contribution in [2.24, 2.45) is 0 Å². The van der Waals surface area contributed by atoms with Crippen molar-refractivity contribution in [1.29, 1.82) is 0 Å². The van der Waals surface area contributed by atoms with Crippen LogP contribution in [0, 0.1) is 12.7 Å². The van der Waals surface area contributed by atoms with Crippen molar-refractivity contribution in [3.05, 3.63) is 89.9 Å². The highest BCUT2D eigenvalue weighted by Gasteiger charge is 2.18. The van der Waals surface area contributed by atoms with Crippen molar-refractivity contribution in [3.63, 3.8) is 0 Å². The van der Waals surface area contributed by atoms with Crippen molar-refractivity contribution < 1.29 is 9.18 Å². The highest BCUT2D eigenvalue weighted by atomic mass is 19.1. The first-order valence-electron chi connectivity index (χ1n) is 9.10. The number of benzene rings is 1. The number of pyridine rings is 1. The monoisotopic (exact) mass is 390 g/mol. The fraction of sp³-hybridized carbons (Fsp3) is 0.143. The largest absolute Gasteiger partial charge is 0.345 e. The fourth-order valence-electron chi connectivity index (χ4n) is 3.03. The number of carbonyl (C=O) groups excluding carboxylic acids is 1. The molecule has 1 aromatic carbocycles. The molecule has 0 fully saturated rings. The average Bonchev–Trinajstić information content (AvgIpc) is 3.40. The number of carbonyl (C=O) groups is 1. The van der Waals surface area contributed by atoms with E-state index in [0.717, 1.165) is 5.56 Å². The molecule has 0 aliphatic carbocycles. The molecule has 0 unspecified atom stereocenters. The summed E-state index contributed by atoms with van der Waals surface area (Å²) < 4.78 is 17.6. The molecule has 3 heterocycles. The molecule has 0 aliphatic heterocycles. The quantitative estimate of drug-likeness (QED) is 0.567. The van der Waals surface area contributed by atoms with Crippen LogP contribution in [0.2, 0.25) is 0 Å². The molecule has 1 N–H and O–H groups in total. The van der Waals surface area contributed by atoms with E-state index in [4.69, 9.17) is 0 Å². The summed E-state index contributed by atoms with van der Waals surface area (Å²) in [6, 6.07) is 9.55. The number of hydrogen-bond acceptors (Lipinski definition) is 4. The van der Waals surface area contributed by atoms with Crippen LogP contribution in [0.5, 0.6) is 0 Å². The Labute approximate surface area is 166 Å². The molecule has 1 atom stereocenters. The molecule has 29 heavy (non-hydrogen) atoms. The first-order chi connectivity index (χ1) is 14.0. The molecule has 0 spiro atoms. The van der Waals surface area contributed by atoms with Crippen LogP contribution in [0.1, 0.15) is 34.5 Å². The van der Waals surface area contributed by atoms with Gasteiger partial charge in [-0.1, -0.05) is 6.07 Å². The smallest absolute Gasteiger partial charge is 0.255 e. The van der Waals surface area contributed by atoms with Gasteiger partial charge in [-0.05, 0) is 55.3 Å². The number of amides is 1. The molecule has 8 heteroatoms. The van der Waals surface area contributed by atoms with E-state index in [1.54, 1.807) is 68.2 Å². The molecule has 0 radical (unpaired) electrons. The lowest BCUT2D eigenvalue weighted by molar-refractivity contribution is 0.0939. The Morgan fingerprint density at radius 2 is 2.00 bits per heavy atom. The molecule has 0 aliphatic rings. The third kappa shape index (κ3) is 3.77. The van der Waals surface area contributed by atoms with E-state index in [-0.39, 0.29) is 5.91 Å². The summed E-state index contributed by atoms with van der Waals surface area (Å²) in [5.41, 5.74) is 2.33. The Morgan fingerprint density at radius 1 is 1.14 bits per heavy atom. The van der Waals surface area contributed by atoms with Gasteiger partial charge in [-0.3, -0.25) is 4.79 Å². The molecule has 4 aromatic rings. The SMILES string of the molecule is Cc1cnn(-c2ccc([C@H](C)NC(=O)c3cccnc3-n3cccn3)cc2F)c1. The molecular formula is C21H19FN6O. The minimum absolute atomic E-state index is 0.316. The van der Waals surface area contributed by atoms with E-state index >= 15 is 0 Å². The lowest BCUT2D eigenvalue weighted by atomic mass is 10.1. The van der Waals surface area contributed by atoms with E-state index < -0.39 is 11.9 Å². The Balaban J connectivity index is 1.55. The van der Waals surface area contributed by atoms with Crippen LogP contribution in [-0.2, 0) is 0 Å². The molecule has 1 amide bonds. The second kappa shape index (κ2) is 7.67. The maximum absolute atomic E-state index is 14.6. The van der Waals surface area contributed by atoms with Crippen molar-refractivity contribution in [3.8, 4) is 11.5 Å². The second-order valence-corrected chi connectivity index (χ2v) is 6.69. The number of hydrogen-bond donors (Lipinski definition) is 1. The Hall–Kier alpha value is -3.81. The van der Waals surface area contributed by atoms with Crippen molar-refractivity contribution in [1.82, 2.24) is 29.9 Å². The highest BCUT2D eigenvalue weighted by Crippen LogP contribution is 2.20. The third-order valence-electron chi connectivity index (χ3n) is 4.53. The molecule has 146 valence electrons. The summed E-state index contributed by atoms with van der Waals surface area (Å²) in [5.74, 6) is -0.300. The van der Waals surface area contributed by atoms with E-state index in [1.807, 2.05) is 6.92 Å². The summed E-state index contributed by atoms with van der Waals surface area (Å²) in [6.45, 7) is 3.69. The number of aromatic nitrogens is 5. The minimum atomic E-state index is -0.412. The van der Waals surface area contributed by atoms with Crippen LogP contribution >= 0.6 is 0 Å². The summed E-state index contributed by atoms with van der Waals surface area (Å²) in [7, 11) is 0. The molecule has 0 saturated carbocycles. The van der Waals surface area contributed by atoms with E-state index in [2.05, 4.69) is 20.5 Å². The lowest BCUT2D eigenvalue weighted by Gasteiger charge is -2.16. The highest BCUT2D eigenvalue weighted by molar-refractivity contribution is 5.97. The van der Waals surface area contributed by atoms with Crippen molar-refractivity contribution >= 4 is 5.91 Å². The molecule has 7 nitrogen and oxygen atoms in total. The van der Waals surface area contributed by atoms with Gasteiger partial charge < -0.3 is 5.32 Å². The molecule has 0 bridgehead atoms. The summed E-state index contributed by atoms with van der Waals surface area (Å²) >= 11 is 0. The number of aryl methyl sites for hydroxylation is 1. The predicted molar refractivity (Wildman–Crippen MR) is 105 cm³/mol. The number of nitrogens with zero attached hydrogens (tertiary/aromatic N) is 5. The van der Waals surface area contributed by atoms with Crippen molar-refractivity contribution in [2.45, 2.75) is 19.9 Å². The minimum Gasteiger partial charge on any atom is -0.345 e. The standard InChI is InChI=1S/C21H19FN6O/c1-14-12-25-28(13-14)19-7-6-16(11-18(19)22)15(2)26-21(29)17-5-3-8-23-20(17)27-10-4-9-24-27/h3-13,15H,1-2H3,(H,26,29)/t15-/m0/s1. The zero-order chi connectivity index (χ0) is 20.4. The average molecular weight is 390 g/mol. The van der Waals surface area contributed by atoms with Gasteiger partial charge in [0.2, 0.25) is 0 Å². The van der Waals surface area contributed by atoms with E-state index in [1.165, 1.54) is 15.4 Å². The lowest BCUT2D eigenvalue weighted by Crippen LogP contribution is -2.28. The van der Waals surface area contributed by atoms with Crippen LogP contribution in [0.3, 0.4) is 0 Å². The maximum atomic E-state index is 14.6. The van der Waals surface area contributed by atoms with Gasteiger partial charge in [0.25, 0.3) is 5.91 Å². The van der Waals surface area contributed by atoms with Crippen molar-refractivity contribution in [2.75, 3.05) is 0 Å². The molecular weight excluding hydrogens is 371 g/mol. The second-order valence-electron chi connectivity index (χ2n) is 6.69. The molecule has 3 aromatic heterocycles. The van der Waals surface area contributed by atoms with Gasteiger partial charge in [0, 0.05) is 24.8 Å². The normalized spacial score (nSPS) is 12.0. The molecule has 0 saturated heterocycles. The topological polar surface area (TPSA) is 77.6 Å². The van der Waals surface area contributed by atoms with Crippen LogP contribution < -0.4 is 5.32 Å². The third-order valence-corrected chi connectivity index (χ3v) is 4.53. The zero-order valence-corrected chi connectivity index (χ0v) is 16.0. The van der Waals surface area contributed by atoms with Gasteiger partial charge in [0.15, 0.2) is 5.82 Å². The zero-order valence-electron chi connectivity index (χ0n) is 16.0. The summed E-state index contributed by atoms with van der Waals surface area (Å²) in [6.07, 6.45) is 8.35. The maximum Gasteiger partial charge on any atom is 0.255 e. The van der Waals surface area contributed by atoms with Gasteiger partial charge in [-0.2, -0.15) is 10.2 Å². The Morgan fingerprint density at radius 3 is 2.69 bits per heavy atom.